The molecule has 1 aromatic heterocycles. The molecular weight excluding hydrogens is 512 g/mol. The van der Waals surface area contributed by atoms with Crippen LogP contribution in [0.15, 0.2) is 42.5 Å². The van der Waals surface area contributed by atoms with Crippen LogP contribution in [0.5, 0.6) is 5.88 Å². The number of aromatic nitrogens is 1. The number of carbonyl (C=O) groups is 3. The fourth-order valence-electron chi connectivity index (χ4n) is 4.84. The lowest BCUT2D eigenvalue weighted by Gasteiger charge is -2.40. The van der Waals surface area contributed by atoms with Gasteiger partial charge in [0.1, 0.15) is 18.0 Å². The zero-order chi connectivity index (χ0) is 27.6. The van der Waals surface area contributed by atoms with Crippen LogP contribution >= 0.6 is 0 Å². The van der Waals surface area contributed by atoms with Crippen LogP contribution in [0.4, 0.5) is 19.3 Å². The molecule has 3 aliphatic rings. The van der Waals surface area contributed by atoms with Gasteiger partial charge in [-0.05, 0) is 42.9 Å². The number of alkyl halides is 2. The van der Waals surface area contributed by atoms with Gasteiger partial charge in [-0.3, -0.25) is 9.59 Å². The minimum Gasteiger partial charge on any atom is -0.476 e. The monoisotopic (exact) mass is 543 g/mol. The molecule has 0 spiro atoms. The van der Waals surface area contributed by atoms with Crippen molar-refractivity contribution in [3.05, 3.63) is 53.7 Å². The van der Waals surface area contributed by atoms with Gasteiger partial charge in [-0.2, -0.15) is 0 Å². The van der Waals surface area contributed by atoms with Gasteiger partial charge in [0.15, 0.2) is 0 Å². The predicted octanol–water partition coefficient (Wildman–Crippen LogP) is 2.71. The highest BCUT2D eigenvalue weighted by Gasteiger charge is 2.46. The number of likely N-dealkylation sites (tertiary alicyclic amines) is 1. The second kappa shape index (κ2) is 10.7. The van der Waals surface area contributed by atoms with Gasteiger partial charge in [-0.1, -0.05) is 30.3 Å². The van der Waals surface area contributed by atoms with E-state index in [4.69, 9.17) is 15.2 Å². The minimum atomic E-state index is -2.78. The summed E-state index contributed by atoms with van der Waals surface area (Å²) >= 11 is 0. The molecule has 2 aliphatic heterocycles. The van der Waals surface area contributed by atoms with Gasteiger partial charge in [0.2, 0.25) is 11.8 Å². The first kappa shape index (κ1) is 26.6. The quantitative estimate of drug-likeness (QED) is 0.472. The number of primary amides is 1. The van der Waals surface area contributed by atoms with Crippen molar-refractivity contribution in [3.8, 4) is 5.88 Å². The van der Waals surface area contributed by atoms with Crippen LogP contribution in [-0.2, 0) is 16.1 Å². The molecule has 12 heteroatoms. The minimum absolute atomic E-state index is 0.00535. The maximum atomic E-state index is 13.5. The highest BCUT2D eigenvalue weighted by molar-refractivity contribution is 5.94. The molecule has 1 saturated carbocycles. The Morgan fingerprint density at radius 2 is 1.82 bits per heavy atom. The maximum Gasteiger partial charge on any atom is 0.410 e. The van der Waals surface area contributed by atoms with Crippen LogP contribution in [0, 0.1) is 5.92 Å². The van der Waals surface area contributed by atoms with Crippen molar-refractivity contribution in [2.45, 2.75) is 43.8 Å². The molecule has 39 heavy (non-hydrogen) atoms. The second-order valence-electron chi connectivity index (χ2n) is 10.6. The highest BCUT2D eigenvalue weighted by Crippen LogP contribution is 2.38. The van der Waals surface area contributed by atoms with Gasteiger partial charge in [0, 0.05) is 13.1 Å². The zero-order valence-electron chi connectivity index (χ0n) is 21.4. The average molecular weight is 544 g/mol. The lowest BCUT2D eigenvalue weighted by molar-refractivity contribution is -0.119. The first-order valence-electron chi connectivity index (χ1n) is 12.9. The Balaban J connectivity index is 1.27. The topological polar surface area (TPSA) is 127 Å². The smallest absolute Gasteiger partial charge is 0.410 e. The van der Waals surface area contributed by atoms with Crippen molar-refractivity contribution < 1.29 is 32.6 Å². The molecule has 3 fully saturated rings. The molecule has 5 rings (SSSR count). The molecule has 1 aliphatic carbocycles. The number of rotatable bonds is 10. The number of ether oxygens (including phenoxy) is 2. The number of amides is 3. The van der Waals surface area contributed by atoms with Crippen LogP contribution in [0.1, 0.15) is 41.7 Å². The van der Waals surface area contributed by atoms with Crippen LogP contribution in [0.2, 0.25) is 0 Å². The molecular formula is C27H31F2N5O5. The van der Waals surface area contributed by atoms with Crippen LogP contribution < -0.4 is 20.7 Å². The van der Waals surface area contributed by atoms with Crippen LogP contribution in [0.3, 0.4) is 0 Å². The predicted molar refractivity (Wildman–Crippen MR) is 136 cm³/mol. The van der Waals surface area contributed by atoms with E-state index in [2.05, 4.69) is 10.3 Å². The largest absolute Gasteiger partial charge is 0.476 e. The number of halogens is 2. The first-order valence-corrected chi connectivity index (χ1v) is 12.9. The third-order valence-corrected chi connectivity index (χ3v) is 7.12. The lowest BCUT2D eigenvalue weighted by atomic mass is 9.93. The van der Waals surface area contributed by atoms with Crippen molar-refractivity contribution in [3.63, 3.8) is 0 Å². The standard InChI is InChI=1S/C27H31F2N5O5/c28-27(29)16-34(17-27)21-9-8-20(31-24(21)38-13-19-6-7-19)23(36)32-26(12-22(30)35)10-11-33(15-26)25(37)39-14-18-4-2-1-3-5-18/h1-5,8-9,19H,6-7,10-17H2,(H2,30,35)(H,32,36). The van der Waals surface area contributed by atoms with Crippen LogP contribution in [-0.4, -0.2) is 72.0 Å². The fraction of sp³-hybridized carbons (Fsp3) is 0.481. The van der Waals surface area contributed by atoms with Crippen molar-refractivity contribution in [2.24, 2.45) is 11.7 Å². The molecule has 0 radical (unpaired) electrons. The second-order valence-corrected chi connectivity index (χ2v) is 10.6. The normalized spacial score (nSPS) is 21.7. The molecule has 3 heterocycles. The number of carbonyl (C=O) groups excluding carboxylic acids is 3. The summed E-state index contributed by atoms with van der Waals surface area (Å²) in [5.74, 6) is -3.49. The Morgan fingerprint density at radius 3 is 2.49 bits per heavy atom. The van der Waals surface area contributed by atoms with Gasteiger partial charge < -0.3 is 30.3 Å². The molecule has 3 amide bonds. The Bertz CT molecular complexity index is 1230. The molecule has 0 bridgehead atoms. The fourth-order valence-corrected chi connectivity index (χ4v) is 4.84. The third kappa shape index (κ3) is 6.55. The lowest BCUT2D eigenvalue weighted by Crippen LogP contribution is -2.56. The third-order valence-electron chi connectivity index (χ3n) is 7.12. The van der Waals surface area contributed by atoms with Crippen molar-refractivity contribution >= 4 is 23.6 Å². The number of hydrogen-bond acceptors (Lipinski definition) is 7. The van der Waals surface area contributed by atoms with Gasteiger partial charge in [0.25, 0.3) is 11.8 Å². The van der Waals surface area contributed by atoms with E-state index in [9.17, 15) is 23.2 Å². The Hall–Kier alpha value is -3.96. The van der Waals surface area contributed by atoms with Crippen LogP contribution in [0.25, 0.3) is 0 Å². The maximum absolute atomic E-state index is 13.5. The average Bonchev–Trinajstić information content (AvgIpc) is 3.63. The summed E-state index contributed by atoms with van der Waals surface area (Å²) in [7, 11) is 0. The zero-order valence-corrected chi connectivity index (χ0v) is 21.4. The molecule has 2 saturated heterocycles. The van der Waals surface area contributed by atoms with E-state index in [-0.39, 0.29) is 44.1 Å². The molecule has 208 valence electrons. The summed E-state index contributed by atoms with van der Waals surface area (Å²) in [6.07, 6.45) is 1.58. The molecule has 1 aromatic carbocycles. The Morgan fingerprint density at radius 1 is 1.08 bits per heavy atom. The van der Waals surface area contributed by atoms with Gasteiger partial charge >= 0.3 is 6.09 Å². The van der Waals surface area contributed by atoms with Gasteiger partial charge in [-0.25, -0.2) is 18.6 Å². The van der Waals surface area contributed by atoms with E-state index >= 15 is 0 Å². The van der Waals surface area contributed by atoms with E-state index in [1.807, 2.05) is 30.3 Å². The molecule has 1 unspecified atom stereocenters. The molecule has 1 atom stereocenters. The first-order chi connectivity index (χ1) is 18.6. The molecule has 2 aromatic rings. The summed E-state index contributed by atoms with van der Waals surface area (Å²) < 4.78 is 38.2. The van der Waals surface area contributed by atoms with Crippen molar-refractivity contribution in [2.75, 3.05) is 37.7 Å². The summed E-state index contributed by atoms with van der Waals surface area (Å²) in [6, 6.07) is 12.2. The summed E-state index contributed by atoms with van der Waals surface area (Å²) in [6.45, 7) is -0.126. The number of nitrogens with one attached hydrogen (secondary N) is 1. The van der Waals surface area contributed by atoms with E-state index in [1.54, 1.807) is 6.07 Å². The number of nitrogens with zero attached hydrogens (tertiary/aromatic N) is 3. The molecule has 10 nitrogen and oxygen atoms in total. The Kier molecular flexibility index (Phi) is 7.28. The van der Waals surface area contributed by atoms with E-state index < -0.39 is 42.5 Å². The number of benzene rings is 1. The SMILES string of the molecule is NC(=O)CC1(NC(=O)c2ccc(N3CC(F)(F)C3)c(OCC3CC3)n2)CCN(C(=O)OCc2ccccc2)C1. The van der Waals surface area contributed by atoms with Gasteiger partial charge in [-0.15, -0.1) is 0 Å². The van der Waals surface area contributed by atoms with Crippen molar-refractivity contribution in [1.82, 2.24) is 15.2 Å². The number of nitrogens with two attached hydrogens (primary N) is 1. The van der Waals surface area contributed by atoms with E-state index in [1.165, 1.54) is 15.9 Å². The van der Waals surface area contributed by atoms with Crippen molar-refractivity contribution in [1.29, 1.82) is 0 Å². The number of pyridine rings is 1. The Labute approximate surface area is 224 Å². The summed E-state index contributed by atoms with van der Waals surface area (Å²) in [5, 5.41) is 2.85. The number of hydrogen-bond donors (Lipinski definition) is 2. The highest BCUT2D eigenvalue weighted by atomic mass is 19.3. The molecule has 3 N–H and O–H groups in total. The van der Waals surface area contributed by atoms with E-state index in [0.29, 0.717) is 18.2 Å². The summed E-state index contributed by atoms with van der Waals surface area (Å²) in [5.41, 5.74) is 5.63. The van der Waals surface area contributed by atoms with E-state index in [0.717, 1.165) is 18.4 Å². The van der Waals surface area contributed by atoms with Gasteiger partial charge in [0.05, 0.1) is 31.7 Å². The summed E-state index contributed by atoms with van der Waals surface area (Å²) in [4.78, 5) is 45.1. The number of anilines is 1.